The molecular weight excluding hydrogens is 292 g/mol. The van der Waals surface area contributed by atoms with Crippen molar-refractivity contribution in [2.75, 3.05) is 26.9 Å². The lowest BCUT2D eigenvalue weighted by Gasteiger charge is -2.22. The normalized spacial score (nSPS) is 18.0. The highest BCUT2D eigenvalue weighted by Crippen LogP contribution is 2.22. The Bertz CT molecular complexity index is 589. The molecule has 1 atom stereocenters. The third-order valence-corrected chi connectivity index (χ3v) is 4.06. The minimum absolute atomic E-state index is 0.238. The van der Waals surface area contributed by atoms with Gasteiger partial charge in [-0.25, -0.2) is 0 Å². The van der Waals surface area contributed by atoms with E-state index in [1.54, 1.807) is 7.11 Å². The van der Waals surface area contributed by atoms with Gasteiger partial charge in [0.1, 0.15) is 12.4 Å². The molecule has 124 valence electrons. The molecule has 0 saturated carbocycles. The summed E-state index contributed by atoms with van der Waals surface area (Å²) in [5, 5.41) is 4.34. The Morgan fingerprint density at radius 3 is 2.83 bits per heavy atom. The molecule has 0 spiro atoms. The van der Waals surface area contributed by atoms with E-state index < -0.39 is 0 Å². The lowest BCUT2D eigenvalue weighted by Crippen LogP contribution is -2.25. The van der Waals surface area contributed by atoms with Crippen molar-refractivity contribution >= 4 is 0 Å². The van der Waals surface area contributed by atoms with Crippen molar-refractivity contribution < 1.29 is 14.2 Å². The van der Waals surface area contributed by atoms with Gasteiger partial charge in [0.2, 0.25) is 0 Å². The summed E-state index contributed by atoms with van der Waals surface area (Å²) in [4.78, 5) is 0. The molecule has 0 amide bonds. The van der Waals surface area contributed by atoms with Gasteiger partial charge >= 0.3 is 0 Å². The highest BCUT2D eigenvalue weighted by Gasteiger charge is 2.14. The molecular formula is C18H24N2O3. The summed E-state index contributed by atoms with van der Waals surface area (Å²) in [6, 6.07) is 8.14. The largest absolute Gasteiger partial charge is 0.491 e. The first-order valence-corrected chi connectivity index (χ1v) is 8.21. The van der Waals surface area contributed by atoms with E-state index in [9.17, 15) is 0 Å². The molecule has 2 aromatic rings. The molecule has 1 aromatic carbocycles. The first-order valence-electron chi connectivity index (χ1n) is 8.21. The molecule has 0 N–H and O–H groups in total. The average Bonchev–Trinajstić information content (AvgIpc) is 3.08. The van der Waals surface area contributed by atoms with Crippen LogP contribution in [0.2, 0.25) is 0 Å². The van der Waals surface area contributed by atoms with Crippen LogP contribution in [0.15, 0.2) is 36.7 Å². The minimum Gasteiger partial charge on any atom is -0.491 e. The summed E-state index contributed by atoms with van der Waals surface area (Å²) in [6.07, 6.45) is 7.65. The van der Waals surface area contributed by atoms with Gasteiger partial charge in [0, 0.05) is 25.5 Å². The zero-order valence-electron chi connectivity index (χ0n) is 13.6. The second kappa shape index (κ2) is 8.13. The predicted octanol–water partition coefficient (Wildman–Crippen LogP) is 3.14. The van der Waals surface area contributed by atoms with Crippen LogP contribution < -0.4 is 4.74 Å². The van der Waals surface area contributed by atoms with Crippen LogP contribution in [-0.2, 0) is 16.0 Å². The Morgan fingerprint density at radius 1 is 1.22 bits per heavy atom. The Labute approximate surface area is 137 Å². The van der Waals surface area contributed by atoms with Crippen molar-refractivity contribution in [1.29, 1.82) is 0 Å². The fourth-order valence-electron chi connectivity index (χ4n) is 2.69. The van der Waals surface area contributed by atoms with Crippen molar-refractivity contribution in [3.8, 4) is 16.9 Å². The van der Waals surface area contributed by atoms with E-state index >= 15 is 0 Å². The summed E-state index contributed by atoms with van der Waals surface area (Å²) >= 11 is 0. The Balaban J connectivity index is 1.54. The van der Waals surface area contributed by atoms with Crippen LogP contribution in [0.5, 0.6) is 5.75 Å². The van der Waals surface area contributed by atoms with E-state index in [2.05, 4.69) is 17.2 Å². The maximum atomic E-state index is 5.83. The van der Waals surface area contributed by atoms with Crippen molar-refractivity contribution in [2.24, 2.45) is 0 Å². The summed E-state index contributed by atoms with van der Waals surface area (Å²) in [5.41, 5.74) is 2.23. The van der Waals surface area contributed by atoms with Crippen molar-refractivity contribution in [1.82, 2.24) is 9.78 Å². The standard InChI is InChI=1S/C18H24N2O3/c1-21-11-9-20-13-16(12-19-20)15-5-7-17(8-6-15)23-14-18-4-2-3-10-22-18/h5-8,12-13,18H,2-4,9-11,14H2,1H3. The third kappa shape index (κ3) is 4.56. The molecule has 0 radical (unpaired) electrons. The molecule has 5 nitrogen and oxygen atoms in total. The Hall–Kier alpha value is -1.85. The molecule has 1 fully saturated rings. The van der Waals surface area contributed by atoms with E-state index in [4.69, 9.17) is 14.2 Å². The number of rotatable bonds is 7. The van der Waals surface area contributed by atoms with Gasteiger partial charge in [-0.05, 0) is 37.0 Å². The van der Waals surface area contributed by atoms with Crippen LogP contribution in [-0.4, -0.2) is 42.8 Å². The van der Waals surface area contributed by atoms with Crippen molar-refractivity contribution in [3.63, 3.8) is 0 Å². The highest BCUT2D eigenvalue weighted by atomic mass is 16.5. The number of benzene rings is 1. The zero-order chi connectivity index (χ0) is 15.9. The van der Waals surface area contributed by atoms with Gasteiger partial charge in [-0.1, -0.05) is 12.1 Å². The van der Waals surface area contributed by atoms with E-state index in [1.807, 2.05) is 29.2 Å². The number of hydrogen-bond donors (Lipinski definition) is 0. The molecule has 1 unspecified atom stereocenters. The topological polar surface area (TPSA) is 45.5 Å². The maximum absolute atomic E-state index is 5.83. The van der Waals surface area contributed by atoms with Crippen LogP contribution in [0.3, 0.4) is 0 Å². The summed E-state index contributed by atoms with van der Waals surface area (Å²) in [7, 11) is 1.70. The van der Waals surface area contributed by atoms with Crippen LogP contribution in [0.1, 0.15) is 19.3 Å². The van der Waals surface area contributed by atoms with Gasteiger partial charge in [0.25, 0.3) is 0 Å². The first kappa shape index (κ1) is 16.0. The summed E-state index contributed by atoms with van der Waals surface area (Å²) < 4.78 is 18.5. The van der Waals surface area contributed by atoms with Crippen LogP contribution in [0.4, 0.5) is 0 Å². The minimum atomic E-state index is 0.238. The monoisotopic (exact) mass is 316 g/mol. The molecule has 0 bridgehead atoms. The summed E-state index contributed by atoms with van der Waals surface area (Å²) in [6.45, 7) is 2.92. The van der Waals surface area contributed by atoms with Crippen LogP contribution in [0.25, 0.3) is 11.1 Å². The van der Waals surface area contributed by atoms with Crippen LogP contribution in [0, 0.1) is 0 Å². The van der Waals surface area contributed by atoms with E-state index in [0.29, 0.717) is 13.2 Å². The predicted molar refractivity (Wildman–Crippen MR) is 88.6 cm³/mol. The highest BCUT2D eigenvalue weighted by molar-refractivity contribution is 5.62. The molecule has 1 saturated heterocycles. The van der Waals surface area contributed by atoms with Gasteiger partial charge < -0.3 is 14.2 Å². The van der Waals surface area contributed by atoms with Gasteiger partial charge in [-0.15, -0.1) is 0 Å². The molecule has 1 aromatic heterocycles. The molecule has 3 rings (SSSR count). The zero-order valence-corrected chi connectivity index (χ0v) is 13.6. The van der Waals surface area contributed by atoms with Gasteiger partial charge in [-0.2, -0.15) is 5.10 Å². The maximum Gasteiger partial charge on any atom is 0.119 e. The van der Waals surface area contributed by atoms with Crippen molar-refractivity contribution in [3.05, 3.63) is 36.7 Å². The Morgan fingerprint density at radius 2 is 2.09 bits per heavy atom. The number of methoxy groups -OCH3 is 1. The second-order valence-electron chi connectivity index (χ2n) is 5.81. The molecule has 23 heavy (non-hydrogen) atoms. The van der Waals surface area contributed by atoms with Gasteiger partial charge in [0.05, 0.1) is 25.5 Å². The smallest absolute Gasteiger partial charge is 0.119 e. The second-order valence-corrected chi connectivity index (χ2v) is 5.81. The van der Waals surface area contributed by atoms with Gasteiger partial charge in [-0.3, -0.25) is 4.68 Å². The fourth-order valence-corrected chi connectivity index (χ4v) is 2.69. The summed E-state index contributed by atoms with van der Waals surface area (Å²) in [5.74, 6) is 0.884. The molecule has 1 aliphatic heterocycles. The number of ether oxygens (including phenoxy) is 3. The number of hydrogen-bond acceptors (Lipinski definition) is 4. The first-order chi connectivity index (χ1) is 11.3. The molecule has 1 aliphatic rings. The lowest BCUT2D eigenvalue weighted by atomic mass is 10.1. The average molecular weight is 316 g/mol. The molecule has 0 aliphatic carbocycles. The third-order valence-electron chi connectivity index (χ3n) is 4.06. The van der Waals surface area contributed by atoms with E-state index in [0.717, 1.165) is 36.4 Å². The van der Waals surface area contributed by atoms with Crippen LogP contribution >= 0.6 is 0 Å². The fraction of sp³-hybridized carbons (Fsp3) is 0.500. The SMILES string of the molecule is COCCn1cc(-c2ccc(OCC3CCCCO3)cc2)cn1. The van der Waals surface area contributed by atoms with Gasteiger partial charge in [0.15, 0.2) is 0 Å². The lowest BCUT2D eigenvalue weighted by molar-refractivity contribution is -0.0110. The van der Waals surface area contributed by atoms with Crippen molar-refractivity contribution in [2.45, 2.75) is 31.9 Å². The molecule has 5 heteroatoms. The van der Waals surface area contributed by atoms with E-state index in [1.165, 1.54) is 12.8 Å². The number of aromatic nitrogens is 2. The van der Waals surface area contributed by atoms with E-state index in [-0.39, 0.29) is 6.10 Å². The quantitative estimate of drug-likeness (QED) is 0.787. The molecule has 2 heterocycles. The Kier molecular flexibility index (Phi) is 5.66. The number of nitrogens with zero attached hydrogens (tertiary/aromatic N) is 2.